The zero-order valence-electron chi connectivity index (χ0n) is 34.6. The second-order valence-electron chi connectivity index (χ2n) is 15.7. The smallest absolute Gasteiger partial charge is 0.462 e. The molecule has 0 aliphatic carbocycles. The van der Waals surface area contributed by atoms with E-state index in [1.807, 2.05) is 21.1 Å². The predicted molar refractivity (Wildman–Crippen MR) is 215 cm³/mol. The highest BCUT2D eigenvalue weighted by Crippen LogP contribution is 2.43. The van der Waals surface area contributed by atoms with Crippen molar-refractivity contribution < 1.29 is 42.1 Å². The third kappa shape index (κ3) is 38.5. The molecule has 1 N–H and O–H groups in total. The number of rotatable bonds is 39. The van der Waals surface area contributed by atoms with Crippen LogP contribution in [0.4, 0.5) is 0 Å². The number of likely N-dealkylation sites (N-methyl/N-ethyl adjacent to an activating group) is 1. The van der Waals surface area contributed by atoms with Gasteiger partial charge in [0.1, 0.15) is 19.8 Å². The van der Waals surface area contributed by atoms with Crippen LogP contribution in [-0.4, -0.2) is 74.9 Å². The van der Waals surface area contributed by atoms with Crippen LogP contribution in [0.25, 0.3) is 0 Å². The standard InChI is InChI=1S/C42H82NO8P/c1-6-8-10-12-14-16-18-19-20-21-22-23-25-27-29-31-33-35-42(45)51-40(39-50-52(46,47)49-37-36-43(3,4)5)38-48-41(44)34-32-30-28-26-24-17-15-13-11-9-7-2/h19-20,40H,6-18,21-39H2,1-5H3/p+1/b20-19+/t40-/m1/s1. The summed E-state index contributed by atoms with van der Waals surface area (Å²) in [5.41, 5.74) is 0. The largest absolute Gasteiger partial charge is 0.472 e. The molecule has 0 heterocycles. The molecule has 0 bridgehead atoms. The first-order valence-corrected chi connectivity index (χ1v) is 22.9. The van der Waals surface area contributed by atoms with E-state index >= 15 is 0 Å². The zero-order valence-corrected chi connectivity index (χ0v) is 35.5. The van der Waals surface area contributed by atoms with Crippen LogP contribution in [0.3, 0.4) is 0 Å². The average molecular weight is 761 g/mol. The number of unbranched alkanes of at least 4 members (excludes halogenated alkanes) is 23. The van der Waals surface area contributed by atoms with Gasteiger partial charge in [-0.05, 0) is 38.5 Å². The van der Waals surface area contributed by atoms with Gasteiger partial charge in [0.05, 0.1) is 27.7 Å². The van der Waals surface area contributed by atoms with E-state index in [2.05, 4.69) is 26.0 Å². The summed E-state index contributed by atoms with van der Waals surface area (Å²) in [5, 5.41) is 0. The van der Waals surface area contributed by atoms with E-state index in [0.717, 1.165) is 44.9 Å². The van der Waals surface area contributed by atoms with E-state index < -0.39 is 26.5 Å². The van der Waals surface area contributed by atoms with E-state index in [9.17, 15) is 19.0 Å². The van der Waals surface area contributed by atoms with Crippen LogP contribution >= 0.6 is 7.82 Å². The molecule has 0 aromatic heterocycles. The van der Waals surface area contributed by atoms with Crippen molar-refractivity contribution in [2.75, 3.05) is 47.5 Å². The van der Waals surface area contributed by atoms with E-state index in [0.29, 0.717) is 23.9 Å². The minimum Gasteiger partial charge on any atom is -0.462 e. The van der Waals surface area contributed by atoms with Gasteiger partial charge in [0.15, 0.2) is 6.10 Å². The molecule has 0 spiro atoms. The third-order valence-corrected chi connectivity index (χ3v) is 10.3. The van der Waals surface area contributed by atoms with Crippen LogP contribution in [0.5, 0.6) is 0 Å². The summed E-state index contributed by atoms with van der Waals surface area (Å²) in [6.45, 7) is 4.42. The number of hydrogen-bond acceptors (Lipinski definition) is 7. The molecule has 0 aromatic carbocycles. The van der Waals surface area contributed by atoms with Gasteiger partial charge in [-0.2, -0.15) is 0 Å². The van der Waals surface area contributed by atoms with Crippen LogP contribution in [0.2, 0.25) is 0 Å². The molecule has 0 fully saturated rings. The van der Waals surface area contributed by atoms with Crippen LogP contribution in [-0.2, 0) is 32.7 Å². The molecular weight excluding hydrogens is 677 g/mol. The van der Waals surface area contributed by atoms with Gasteiger partial charge < -0.3 is 18.9 Å². The quantitative estimate of drug-likeness (QED) is 0.0217. The van der Waals surface area contributed by atoms with E-state index in [-0.39, 0.29) is 25.6 Å². The lowest BCUT2D eigenvalue weighted by atomic mass is 10.1. The van der Waals surface area contributed by atoms with Crippen molar-refractivity contribution in [3.8, 4) is 0 Å². The molecule has 9 nitrogen and oxygen atoms in total. The molecule has 0 radical (unpaired) electrons. The fourth-order valence-corrected chi connectivity index (χ4v) is 6.63. The van der Waals surface area contributed by atoms with Crippen LogP contribution < -0.4 is 0 Å². The average Bonchev–Trinajstić information content (AvgIpc) is 3.09. The fourth-order valence-electron chi connectivity index (χ4n) is 5.89. The van der Waals surface area contributed by atoms with Crippen molar-refractivity contribution in [2.45, 2.75) is 200 Å². The molecular formula is C42H83NO8P+. The number of allylic oxidation sites excluding steroid dienone is 2. The first-order valence-electron chi connectivity index (χ1n) is 21.4. The van der Waals surface area contributed by atoms with Gasteiger partial charge in [-0.15, -0.1) is 0 Å². The van der Waals surface area contributed by atoms with Crippen molar-refractivity contribution in [1.29, 1.82) is 0 Å². The Morgan fingerprint density at radius 3 is 1.42 bits per heavy atom. The summed E-state index contributed by atoms with van der Waals surface area (Å²) in [5.74, 6) is -0.797. The molecule has 10 heteroatoms. The molecule has 0 saturated heterocycles. The maximum Gasteiger partial charge on any atom is 0.472 e. The lowest BCUT2D eigenvalue weighted by molar-refractivity contribution is -0.870. The summed E-state index contributed by atoms with van der Waals surface area (Å²) in [6.07, 6.45) is 35.4. The SMILES string of the molecule is CCCCCCCC/C=C/CCCCCCCCCC(=O)O[C@H](COC(=O)CCCCCCCCCCCCC)COP(=O)(O)OCC[N+](C)(C)C. The van der Waals surface area contributed by atoms with Crippen molar-refractivity contribution in [3.05, 3.63) is 12.2 Å². The lowest BCUT2D eigenvalue weighted by Gasteiger charge is -2.24. The van der Waals surface area contributed by atoms with Crippen molar-refractivity contribution in [2.24, 2.45) is 0 Å². The number of nitrogens with zero attached hydrogens (tertiary/aromatic N) is 1. The molecule has 0 aliphatic rings. The number of carbonyl (C=O) groups is 2. The summed E-state index contributed by atoms with van der Waals surface area (Å²) in [6, 6.07) is 0. The summed E-state index contributed by atoms with van der Waals surface area (Å²) < 4.78 is 34.2. The van der Waals surface area contributed by atoms with E-state index in [1.165, 1.54) is 116 Å². The van der Waals surface area contributed by atoms with E-state index in [1.54, 1.807) is 0 Å². The number of carbonyl (C=O) groups excluding carboxylic acids is 2. The first kappa shape index (κ1) is 50.8. The Kier molecular flexibility index (Phi) is 34.6. The molecule has 0 rings (SSSR count). The van der Waals surface area contributed by atoms with Crippen molar-refractivity contribution in [1.82, 2.24) is 0 Å². The topological polar surface area (TPSA) is 108 Å². The predicted octanol–water partition coefficient (Wildman–Crippen LogP) is 11.8. The Hall–Kier alpha value is -1.25. The molecule has 0 amide bonds. The van der Waals surface area contributed by atoms with E-state index in [4.69, 9.17) is 18.5 Å². The Bertz CT molecular complexity index is 907. The monoisotopic (exact) mass is 761 g/mol. The molecule has 0 aromatic rings. The summed E-state index contributed by atoms with van der Waals surface area (Å²) >= 11 is 0. The summed E-state index contributed by atoms with van der Waals surface area (Å²) in [7, 11) is 1.48. The van der Waals surface area contributed by atoms with Crippen LogP contribution in [0.1, 0.15) is 194 Å². The Morgan fingerprint density at radius 2 is 0.981 bits per heavy atom. The van der Waals surface area contributed by atoms with Gasteiger partial charge in [0.25, 0.3) is 0 Å². The molecule has 52 heavy (non-hydrogen) atoms. The highest BCUT2D eigenvalue weighted by atomic mass is 31.2. The number of phosphoric ester groups is 1. The molecule has 0 aliphatic heterocycles. The third-order valence-electron chi connectivity index (χ3n) is 9.30. The maximum atomic E-state index is 12.7. The number of hydrogen-bond donors (Lipinski definition) is 1. The number of ether oxygens (including phenoxy) is 2. The molecule has 1 unspecified atom stereocenters. The highest BCUT2D eigenvalue weighted by Gasteiger charge is 2.27. The molecule has 2 atom stereocenters. The second kappa shape index (κ2) is 35.5. The number of esters is 2. The van der Waals surface area contributed by atoms with Crippen molar-refractivity contribution in [3.63, 3.8) is 0 Å². The van der Waals surface area contributed by atoms with Crippen molar-refractivity contribution >= 4 is 19.8 Å². The summed E-state index contributed by atoms with van der Waals surface area (Å²) in [4.78, 5) is 35.3. The first-order chi connectivity index (χ1) is 25.0. The minimum atomic E-state index is -4.37. The Morgan fingerprint density at radius 1 is 0.577 bits per heavy atom. The normalized spacial score (nSPS) is 13.7. The lowest BCUT2D eigenvalue weighted by Crippen LogP contribution is -2.37. The van der Waals surface area contributed by atoms with Gasteiger partial charge in [-0.3, -0.25) is 18.6 Å². The zero-order chi connectivity index (χ0) is 38.6. The number of phosphoric acid groups is 1. The van der Waals surface area contributed by atoms with Gasteiger partial charge in [-0.25, -0.2) is 4.57 Å². The maximum absolute atomic E-state index is 12.7. The van der Waals surface area contributed by atoms with Gasteiger partial charge >= 0.3 is 19.8 Å². The second-order valence-corrected chi connectivity index (χ2v) is 17.2. The molecule has 308 valence electrons. The molecule has 0 saturated carbocycles. The van der Waals surface area contributed by atoms with Gasteiger partial charge in [0, 0.05) is 12.8 Å². The van der Waals surface area contributed by atoms with Crippen LogP contribution in [0, 0.1) is 0 Å². The van der Waals surface area contributed by atoms with Gasteiger partial charge in [-0.1, -0.05) is 154 Å². The highest BCUT2D eigenvalue weighted by molar-refractivity contribution is 7.47. The Labute approximate surface area is 320 Å². The van der Waals surface area contributed by atoms with Gasteiger partial charge in [0.2, 0.25) is 0 Å². The minimum absolute atomic E-state index is 0.0338. The number of quaternary nitrogens is 1. The van der Waals surface area contributed by atoms with Crippen LogP contribution in [0.15, 0.2) is 12.2 Å². The Balaban J connectivity index is 4.34. The fraction of sp³-hybridized carbons (Fsp3) is 0.905.